The van der Waals surface area contributed by atoms with E-state index in [4.69, 9.17) is 11.6 Å². The molecule has 3 atom stereocenters. The lowest BCUT2D eigenvalue weighted by Gasteiger charge is -2.24. The van der Waals surface area contributed by atoms with Crippen LogP contribution in [0.1, 0.15) is 37.0 Å². The quantitative estimate of drug-likeness (QED) is 0.910. The first-order chi connectivity index (χ1) is 9.20. The highest BCUT2D eigenvalue weighted by molar-refractivity contribution is 7.16. The lowest BCUT2D eigenvalue weighted by atomic mass is 9.85. The summed E-state index contributed by atoms with van der Waals surface area (Å²) in [5, 5.41) is 3.85. The number of rotatable bonds is 4. The highest BCUT2D eigenvalue weighted by atomic mass is 35.5. The number of thiophene rings is 1. The minimum Gasteiger partial charge on any atom is -0.310 e. The molecule has 0 radical (unpaired) electrons. The molecule has 4 heteroatoms. The zero-order valence-corrected chi connectivity index (χ0v) is 13.1. The molecule has 3 rings (SSSR count). The summed E-state index contributed by atoms with van der Waals surface area (Å²) < 4.78 is 0.897. The van der Waals surface area contributed by atoms with Gasteiger partial charge in [0.15, 0.2) is 0 Å². The fraction of sp³-hybridized carbons (Fsp3) is 0.733. The molecule has 106 valence electrons. The molecule has 0 spiro atoms. The van der Waals surface area contributed by atoms with E-state index in [0.29, 0.717) is 6.04 Å². The van der Waals surface area contributed by atoms with Gasteiger partial charge in [-0.05, 0) is 44.4 Å². The summed E-state index contributed by atoms with van der Waals surface area (Å²) >= 11 is 7.68. The Morgan fingerprint density at radius 3 is 2.95 bits per heavy atom. The number of hydrogen-bond donors (Lipinski definition) is 1. The Balaban J connectivity index is 1.48. The van der Waals surface area contributed by atoms with E-state index in [1.54, 1.807) is 11.3 Å². The molecule has 0 aromatic carbocycles. The van der Waals surface area contributed by atoms with Crippen LogP contribution >= 0.6 is 22.9 Å². The van der Waals surface area contributed by atoms with Crippen molar-refractivity contribution in [3.05, 3.63) is 21.3 Å². The summed E-state index contributed by atoms with van der Waals surface area (Å²) in [7, 11) is 2.22. The molecule has 1 aromatic rings. The van der Waals surface area contributed by atoms with Gasteiger partial charge in [-0.3, -0.25) is 4.90 Å². The summed E-state index contributed by atoms with van der Waals surface area (Å²) in [6, 6.07) is 5.64. The van der Waals surface area contributed by atoms with Crippen molar-refractivity contribution in [3.8, 4) is 0 Å². The van der Waals surface area contributed by atoms with Crippen LogP contribution in [0.5, 0.6) is 0 Å². The largest absolute Gasteiger partial charge is 0.310 e. The molecule has 2 aliphatic rings. The molecule has 0 amide bonds. The lowest BCUT2D eigenvalue weighted by Crippen LogP contribution is -2.38. The number of likely N-dealkylation sites (N-methyl/N-ethyl adjacent to an activating group) is 1. The van der Waals surface area contributed by atoms with Crippen molar-refractivity contribution < 1.29 is 0 Å². The van der Waals surface area contributed by atoms with Crippen LogP contribution in [0.2, 0.25) is 4.34 Å². The lowest BCUT2D eigenvalue weighted by molar-refractivity contribution is 0.291. The van der Waals surface area contributed by atoms with Crippen LogP contribution in [-0.2, 0) is 6.54 Å². The number of hydrogen-bond acceptors (Lipinski definition) is 3. The highest BCUT2D eigenvalue weighted by Gasteiger charge is 2.35. The van der Waals surface area contributed by atoms with Crippen LogP contribution in [0.25, 0.3) is 0 Å². The molecule has 1 saturated carbocycles. The van der Waals surface area contributed by atoms with Crippen LogP contribution in [0, 0.1) is 5.92 Å². The molecule has 1 N–H and O–H groups in total. The Hall–Kier alpha value is -0.0900. The molecule has 19 heavy (non-hydrogen) atoms. The molecule has 3 unspecified atom stereocenters. The van der Waals surface area contributed by atoms with Gasteiger partial charge >= 0.3 is 0 Å². The average molecular weight is 299 g/mol. The maximum Gasteiger partial charge on any atom is 0.0931 e. The third-order valence-electron chi connectivity index (χ3n) is 4.53. The van der Waals surface area contributed by atoms with Crippen molar-refractivity contribution in [2.75, 3.05) is 13.6 Å². The minimum atomic E-state index is 0.688. The number of halogens is 1. The SMILES string of the molecule is CN(Cc1ccc(Cl)s1)CC1CC2CCCCC2N1. The Morgan fingerprint density at radius 2 is 2.21 bits per heavy atom. The van der Waals surface area contributed by atoms with Gasteiger partial charge < -0.3 is 5.32 Å². The van der Waals surface area contributed by atoms with E-state index in [9.17, 15) is 0 Å². The third kappa shape index (κ3) is 3.52. The van der Waals surface area contributed by atoms with Gasteiger partial charge in [0.25, 0.3) is 0 Å². The van der Waals surface area contributed by atoms with Crippen molar-refractivity contribution in [1.29, 1.82) is 0 Å². The monoisotopic (exact) mass is 298 g/mol. The summed E-state index contributed by atoms with van der Waals surface area (Å²) in [4.78, 5) is 3.79. The van der Waals surface area contributed by atoms with Crippen LogP contribution in [-0.4, -0.2) is 30.6 Å². The highest BCUT2D eigenvalue weighted by Crippen LogP contribution is 2.33. The Bertz CT molecular complexity index is 406. The van der Waals surface area contributed by atoms with Gasteiger partial charge in [-0.25, -0.2) is 0 Å². The fourth-order valence-electron chi connectivity index (χ4n) is 3.72. The first-order valence-electron chi connectivity index (χ1n) is 7.39. The Kier molecular flexibility index (Phi) is 4.47. The van der Waals surface area contributed by atoms with Crippen molar-refractivity contribution in [2.45, 2.75) is 50.7 Å². The van der Waals surface area contributed by atoms with Gasteiger partial charge in [0.1, 0.15) is 0 Å². The van der Waals surface area contributed by atoms with Gasteiger partial charge in [-0.2, -0.15) is 0 Å². The molecule has 1 saturated heterocycles. The molecule has 1 aliphatic heterocycles. The van der Waals surface area contributed by atoms with Crippen molar-refractivity contribution >= 4 is 22.9 Å². The van der Waals surface area contributed by atoms with Crippen LogP contribution in [0.15, 0.2) is 12.1 Å². The van der Waals surface area contributed by atoms with Gasteiger partial charge in [-0.15, -0.1) is 11.3 Å². The molecular weight excluding hydrogens is 276 g/mol. The van der Waals surface area contributed by atoms with Crippen LogP contribution < -0.4 is 5.32 Å². The van der Waals surface area contributed by atoms with Crippen LogP contribution in [0.4, 0.5) is 0 Å². The molecule has 1 aromatic heterocycles. The molecular formula is C15H23ClN2S. The fourth-order valence-corrected chi connectivity index (χ4v) is 4.88. The number of fused-ring (bicyclic) bond motifs is 1. The molecule has 0 bridgehead atoms. The maximum atomic E-state index is 5.98. The summed E-state index contributed by atoms with van der Waals surface area (Å²) in [5.41, 5.74) is 0. The predicted octanol–water partition coefficient (Wildman–Crippen LogP) is 3.75. The van der Waals surface area contributed by atoms with Gasteiger partial charge in [0.2, 0.25) is 0 Å². The van der Waals surface area contributed by atoms with E-state index in [1.807, 2.05) is 6.07 Å². The third-order valence-corrected chi connectivity index (χ3v) is 5.75. The smallest absolute Gasteiger partial charge is 0.0931 e. The summed E-state index contributed by atoms with van der Waals surface area (Å²) in [6.45, 7) is 2.17. The van der Waals surface area contributed by atoms with E-state index >= 15 is 0 Å². The van der Waals surface area contributed by atoms with Crippen LogP contribution in [0.3, 0.4) is 0 Å². The average Bonchev–Trinajstić information content (AvgIpc) is 2.94. The van der Waals surface area contributed by atoms with E-state index < -0.39 is 0 Å². The number of nitrogens with one attached hydrogen (secondary N) is 1. The second-order valence-electron chi connectivity index (χ2n) is 6.15. The zero-order valence-electron chi connectivity index (χ0n) is 11.6. The van der Waals surface area contributed by atoms with Gasteiger partial charge in [0, 0.05) is 30.1 Å². The van der Waals surface area contributed by atoms with Gasteiger partial charge in [-0.1, -0.05) is 24.4 Å². The first kappa shape index (κ1) is 13.9. The van der Waals surface area contributed by atoms with E-state index in [2.05, 4.69) is 23.3 Å². The molecule has 2 fully saturated rings. The zero-order chi connectivity index (χ0) is 13.2. The van der Waals surface area contributed by atoms with Gasteiger partial charge in [0.05, 0.1) is 4.34 Å². The second kappa shape index (κ2) is 6.13. The van der Waals surface area contributed by atoms with E-state index in [-0.39, 0.29) is 0 Å². The minimum absolute atomic E-state index is 0.688. The topological polar surface area (TPSA) is 15.3 Å². The summed E-state index contributed by atoms with van der Waals surface area (Å²) in [6.07, 6.45) is 7.08. The normalized spacial score (nSPS) is 30.8. The van der Waals surface area contributed by atoms with Crippen molar-refractivity contribution in [1.82, 2.24) is 10.2 Å². The maximum absolute atomic E-state index is 5.98. The molecule has 2 heterocycles. The summed E-state index contributed by atoms with van der Waals surface area (Å²) in [5.74, 6) is 0.948. The van der Waals surface area contributed by atoms with E-state index in [1.165, 1.54) is 37.0 Å². The van der Waals surface area contributed by atoms with Crippen molar-refractivity contribution in [2.24, 2.45) is 5.92 Å². The van der Waals surface area contributed by atoms with Crippen molar-refractivity contribution in [3.63, 3.8) is 0 Å². The second-order valence-corrected chi connectivity index (χ2v) is 7.95. The molecule has 2 nitrogen and oxygen atoms in total. The standard InChI is InChI=1S/C15H23ClN2S/c1-18(10-13-6-7-15(16)19-13)9-12-8-11-4-2-3-5-14(11)17-12/h6-7,11-12,14,17H,2-5,8-10H2,1H3. The predicted molar refractivity (Wildman–Crippen MR) is 82.9 cm³/mol. The molecule has 1 aliphatic carbocycles. The van der Waals surface area contributed by atoms with E-state index in [0.717, 1.165) is 29.4 Å². The first-order valence-corrected chi connectivity index (χ1v) is 8.59. The number of nitrogens with zero attached hydrogens (tertiary/aromatic N) is 1. The Labute approximate surface area is 125 Å². The Morgan fingerprint density at radius 1 is 1.37 bits per heavy atom.